The zero-order valence-corrected chi connectivity index (χ0v) is 18.5. The van der Waals surface area contributed by atoms with Crippen LogP contribution in [0.4, 0.5) is 5.69 Å². The van der Waals surface area contributed by atoms with Crippen molar-refractivity contribution in [2.45, 2.75) is 31.1 Å². The predicted molar refractivity (Wildman–Crippen MR) is 130 cm³/mol. The Morgan fingerprint density at radius 3 is 2.38 bits per heavy atom. The molecule has 0 bridgehead atoms. The van der Waals surface area contributed by atoms with E-state index < -0.39 is 24.5 Å². The average Bonchev–Trinajstić information content (AvgIpc) is 3.51. The second-order valence-corrected chi connectivity index (χ2v) is 8.66. The van der Waals surface area contributed by atoms with Gasteiger partial charge in [0, 0.05) is 47.6 Å². The molecule has 1 saturated heterocycles. The van der Waals surface area contributed by atoms with Gasteiger partial charge in [-0.05, 0) is 18.2 Å². The van der Waals surface area contributed by atoms with Gasteiger partial charge in [-0.1, -0.05) is 36.4 Å². The van der Waals surface area contributed by atoms with Crippen LogP contribution in [0.1, 0.15) is 6.23 Å². The Labute approximate surface area is 195 Å². The quantitative estimate of drug-likeness (QED) is 0.287. The highest BCUT2D eigenvalue weighted by Gasteiger charge is 2.44. The number of aliphatic hydroxyl groups excluding tert-OH is 2. The maximum atomic E-state index is 10.7. The molecule has 5 aromatic rings. The molecule has 2 aromatic carbocycles. The van der Waals surface area contributed by atoms with E-state index in [2.05, 4.69) is 68.4 Å². The fourth-order valence-corrected chi connectivity index (χ4v) is 4.95. The molecule has 1 aliphatic rings. The number of benzene rings is 2. The smallest absolute Gasteiger partial charge is 0.165 e. The van der Waals surface area contributed by atoms with Crippen LogP contribution in [0.15, 0.2) is 67.1 Å². The van der Waals surface area contributed by atoms with Gasteiger partial charge in [0.15, 0.2) is 11.9 Å². The standard InChI is InChI=1S/C25H26N6O3/c26-17-9-10-28-24-21(17)29-14-31(24)25-23(33)22(32)20(34-25)13-27-11-12-30-18-7-3-1-5-15(18)16-6-2-4-8-19(16)30/h1-10,14,20,22-23,25,27,32-33H,11-13H2,(H2,26,28). The SMILES string of the molecule is Nc1ccnc2c1ncn2C1OC(CNCCn2c3ccccc3c3ccccc32)C(O)C1O. The third-order valence-corrected chi connectivity index (χ3v) is 6.64. The summed E-state index contributed by atoms with van der Waals surface area (Å²) in [5, 5.41) is 27.1. The van der Waals surface area contributed by atoms with E-state index in [1.54, 1.807) is 16.8 Å². The Morgan fingerprint density at radius 2 is 1.65 bits per heavy atom. The first-order chi connectivity index (χ1) is 16.6. The van der Waals surface area contributed by atoms with Crippen molar-refractivity contribution in [3.8, 4) is 0 Å². The number of nitrogen functional groups attached to an aromatic ring is 1. The third-order valence-electron chi connectivity index (χ3n) is 6.64. The van der Waals surface area contributed by atoms with Crippen molar-refractivity contribution >= 4 is 38.7 Å². The molecular formula is C25H26N6O3. The van der Waals surface area contributed by atoms with Gasteiger partial charge in [0.05, 0.1) is 12.0 Å². The summed E-state index contributed by atoms with van der Waals surface area (Å²) in [6, 6.07) is 18.5. The predicted octanol–water partition coefficient (Wildman–Crippen LogP) is 2.03. The lowest BCUT2D eigenvalue weighted by Crippen LogP contribution is -2.38. The molecule has 9 nitrogen and oxygen atoms in total. The number of nitrogens with one attached hydrogen (secondary N) is 1. The highest BCUT2D eigenvalue weighted by molar-refractivity contribution is 6.07. The molecule has 34 heavy (non-hydrogen) atoms. The van der Waals surface area contributed by atoms with Gasteiger partial charge in [0.2, 0.25) is 0 Å². The minimum Gasteiger partial charge on any atom is -0.397 e. The van der Waals surface area contributed by atoms with Gasteiger partial charge >= 0.3 is 0 Å². The molecule has 0 radical (unpaired) electrons. The number of nitrogens with zero attached hydrogens (tertiary/aromatic N) is 4. The number of rotatable bonds is 6. The third kappa shape index (κ3) is 3.33. The molecule has 5 N–H and O–H groups in total. The van der Waals surface area contributed by atoms with Crippen LogP contribution < -0.4 is 11.1 Å². The zero-order valence-electron chi connectivity index (χ0n) is 18.5. The van der Waals surface area contributed by atoms with Crippen molar-refractivity contribution < 1.29 is 14.9 Å². The Kier molecular flexibility index (Phi) is 5.19. The number of aromatic nitrogens is 4. The molecule has 3 aromatic heterocycles. The Bertz CT molecular complexity index is 1420. The van der Waals surface area contributed by atoms with Crippen molar-refractivity contribution in [1.82, 2.24) is 24.4 Å². The lowest BCUT2D eigenvalue weighted by molar-refractivity contribution is -0.0341. The number of nitrogens with two attached hydrogens (primary N) is 1. The molecule has 0 spiro atoms. The van der Waals surface area contributed by atoms with Crippen molar-refractivity contribution in [2.24, 2.45) is 0 Å². The zero-order chi connectivity index (χ0) is 23.2. The summed E-state index contributed by atoms with van der Waals surface area (Å²) >= 11 is 0. The fourth-order valence-electron chi connectivity index (χ4n) is 4.95. The molecule has 4 unspecified atom stereocenters. The first kappa shape index (κ1) is 21.1. The van der Waals surface area contributed by atoms with Gasteiger partial charge in [-0.15, -0.1) is 0 Å². The largest absolute Gasteiger partial charge is 0.397 e. The Morgan fingerprint density at radius 1 is 0.941 bits per heavy atom. The highest BCUT2D eigenvalue weighted by Crippen LogP contribution is 2.32. The lowest BCUT2D eigenvalue weighted by atomic mass is 10.1. The summed E-state index contributed by atoms with van der Waals surface area (Å²) in [6.07, 6.45) is -0.391. The van der Waals surface area contributed by atoms with Crippen molar-refractivity contribution in [3.63, 3.8) is 0 Å². The topological polar surface area (TPSA) is 123 Å². The van der Waals surface area contributed by atoms with Gasteiger partial charge < -0.3 is 30.6 Å². The molecule has 1 fully saturated rings. The van der Waals surface area contributed by atoms with Gasteiger partial charge in [0.25, 0.3) is 0 Å². The number of imidazole rings is 1. The van der Waals surface area contributed by atoms with Gasteiger partial charge in [-0.25, -0.2) is 9.97 Å². The fraction of sp³-hybridized carbons (Fsp3) is 0.280. The van der Waals surface area contributed by atoms with E-state index in [0.29, 0.717) is 29.9 Å². The molecule has 1 aliphatic heterocycles. The number of aliphatic hydroxyl groups is 2. The number of hydrogen-bond acceptors (Lipinski definition) is 7. The molecule has 4 heterocycles. The number of hydrogen-bond donors (Lipinski definition) is 4. The van der Waals surface area contributed by atoms with E-state index in [1.807, 2.05) is 0 Å². The maximum absolute atomic E-state index is 10.7. The number of ether oxygens (including phenoxy) is 1. The Balaban J connectivity index is 1.15. The van der Waals surface area contributed by atoms with Crippen LogP contribution in [0.25, 0.3) is 33.0 Å². The molecule has 0 amide bonds. The summed E-state index contributed by atoms with van der Waals surface area (Å²) in [5.41, 5.74) is 9.90. The van der Waals surface area contributed by atoms with Crippen LogP contribution in [0.3, 0.4) is 0 Å². The van der Waals surface area contributed by atoms with Crippen LogP contribution in [0, 0.1) is 0 Å². The Hall–Kier alpha value is -3.50. The minimum absolute atomic E-state index is 0.397. The van der Waals surface area contributed by atoms with E-state index in [4.69, 9.17) is 10.5 Å². The highest BCUT2D eigenvalue weighted by atomic mass is 16.6. The van der Waals surface area contributed by atoms with E-state index in [-0.39, 0.29) is 0 Å². The molecule has 174 valence electrons. The van der Waals surface area contributed by atoms with Gasteiger partial charge in [-0.3, -0.25) is 4.57 Å². The summed E-state index contributed by atoms with van der Waals surface area (Å²) < 4.78 is 9.95. The van der Waals surface area contributed by atoms with Crippen LogP contribution >= 0.6 is 0 Å². The molecule has 0 saturated carbocycles. The first-order valence-electron chi connectivity index (χ1n) is 11.4. The summed E-state index contributed by atoms with van der Waals surface area (Å²) in [4.78, 5) is 8.60. The van der Waals surface area contributed by atoms with Crippen LogP contribution in [-0.4, -0.2) is 60.7 Å². The van der Waals surface area contributed by atoms with Crippen LogP contribution in [0.5, 0.6) is 0 Å². The number of para-hydroxylation sites is 2. The van der Waals surface area contributed by atoms with E-state index in [9.17, 15) is 10.2 Å². The second kappa shape index (κ2) is 8.37. The van der Waals surface area contributed by atoms with Gasteiger partial charge in [0.1, 0.15) is 23.8 Å². The molecular weight excluding hydrogens is 432 g/mol. The van der Waals surface area contributed by atoms with E-state index in [1.165, 1.54) is 28.1 Å². The van der Waals surface area contributed by atoms with E-state index >= 15 is 0 Å². The molecule has 6 rings (SSSR count). The number of fused-ring (bicyclic) bond motifs is 4. The van der Waals surface area contributed by atoms with Crippen molar-refractivity contribution in [1.29, 1.82) is 0 Å². The average molecular weight is 459 g/mol. The lowest BCUT2D eigenvalue weighted by Gasteiger charge is -2.17. The van der Waals surface area contributed by atoms with Crippen molar-refractivity contribution in [3.05, 3.63) is 67.1 Å². The molecule has 4 atom stereocenters. The van der Waals surface area contributed by atoms with Gasteiger partial charge in [-0.2, -0.15) is 0 Å². The van der Waals surface area contributed by atoms with Crippen molar-refractivity contribution in [2.75, 3.05) is 18.8 Å². The van der Waals surface area contributed by atoms with Crippen LogP contribution in [-0.2, 0) is 11.3 Å². The second-order valence-electron chi connectivity index (χ2n) is 8.66. The first-order valence-corrected chi connectivity index (χ1v) is 11.4. The number of anilines is 1. The van der Waals surface area contributed by atoms with Crippen LogP contribution in [0.2, 0.25) is 0 Å². The summed E-state index contributed by atoms with van der Waals surface area (Å²) in [6.45, 7) is 1.84. The summed E-state index contributed by atoms with van der Waals surface area (Å²) in [7, 11) is 0. The maximum Gasteiger partial charge on any atom is 0.165 e. The summed E-state index contributed by atoms with van der Waals surface area (Å²) in [5.74, 6) is 0. The van der Waals surface area contributed by atoms with E-state index in [0.717, 1.165) is 6.54 Å². The number of pyridine rings is 1. The minimum atomic E-state index is -1.11. The normalized spacial score (nSPS) is 22.9. The monoisotopic (exact) mass is 458 g/mol. The molecule has 0 aliphatic carbocycles. The molecule has 9 heteroatoms.